The summed E-state index contributed by atoms with van der Waals surface area (Å²) in [5.74, 6) is 1.10. The molecule has 1 fully saturated rings. The van der Waals surface area contributed by atoms with Gasteiger partial charge in [0.15, 0.2) is 5.82 Å². The Bertz CT molecular complexity index is 695. The maximum atomic E-state index is 11.3. The number of nitriles is 1. The van der Waals surface area contributed by atoms with Crippen LogP contribution in [0.15, 0.2) is 28.9 Å². The molecule has 0 radical (unpaired) electrons. The summed E-state index contributed by atoms with van der Waals surface area (Å²) in [5, 5.41) is 12.0. The van der Waals surface area contributed by atoms with Crippen LogP contribution in [0.25, 0.3) is 11.3 Å². The molecule has 2 aromatic rings. The number of anilines is 1. The summed E-state index contributed by atoms with van der Waals surface area (Å²) in [6.45, 7) is 1.40. The van der Waals surface area contributed by atoms with Crippen LogP contribution < -0.4 is 5.32 Å². The summed E-state index contributed by atoms with van der Waals surface area (Å²) < 4.78 is 5.39. The second-order valence-corrected chi connectivity index (χ2v) is 4.86. The molecule has 1 aliphatic carbocycles. The number of furan rings is 1. The largest absolute Gasteiger partial charge is 0.464 e. The quantitative estimate of drug-likeness (QED) is 0.926. The molecule has 0 spiro atoms. The van der Waals surface area contributed by atoms with Crippen LogP contribution in [0.3, 0.4) is 0 Å². The van der Waals surface area contributed by atoms with Crippen LogP contribution in [0.1, 0.15) is 36.9 Å². The summed E-state index contributed by atoms with van der Waals surface area (Å²) in [5.41, 5.74) is 1.91. The molecule has 100 valence electrons. The molecule has 2 heterocycles. The highest BCUT2D eigenvalue weighted by Crippen LogP contribution is 2.42. The lowest BCUT2D eigenvalue weighted by atomic mass is 10.0. The maximum absolute atomic E-state index is 11.3. The molecule has 0 atom stereocenters. The number of amides is 1. The van der Waals surface area contributed by atoms with Crippen molar-refractivity contribution >= 4 is 11.7 Å². The van der Waals surface area contributed by atoms with Crippen molar-refractivity contribution in [3.05, 3.63) is 35.7 Å². The van der Waals surface area contributed by atoms with E-state index < -0.39 is 0 Å². The number of aromatic nitrogens is 1. The number of hydrogen-bond acceptors (Lipinski definition) is 4. The summed E-state index contributed by atoms with van der Waals surface area (Å²) in [7, 11) is 0. The lowest BCUT2D eigenvalue weighted by Crippen LogP contribution is -2.11. The Hall–Kier alpha value is -2.61. The minimum absolute atomic E-state index is 0.243. The molecule has 1 saturated carbocycles. The van der Waals surface area contributed by atoms with Gasteiger partial charge in [0, 0.05) is 24.1 Å². The number of pyridine rings is 1. The van der Waals surface area contributed by atoms with E-state index >= 15 is 0 Å². The smallest absolute Gasteiger partial charge is 0.222 e. The topological polar surface area (TPSA) is 78.9 Å². The van der Waals surface area contributed by atoms with Gasteiger partial charge in [0.05, 0.1) is 6.26 Å². The van der Waals surface area contributed by atoms with E-state index in [9.17, 15) is 10.1 Å². The second kappa shape index (κ2) is 4.82. The van der Waals surface area contributed by atoms with Crippen LogP contribution in [0, 0.1) is 11.3 Å². The third-order valence-corrected chi connectivity index (χ3v) is 3.23. The molecule has 2 aromatic heterocycles. The molecule has 1 amide bonds. The van der Waals surface area contributed by atoms with Gasteiger partial charge in [-0.15, -0.1) is 0 Å². The van der Waals surface area contributed by atoms with E-state index in [0.717, 1.165) is 18.5 Å². The minimum atomic E-state index is -0.243. The van der Waals surface area contributed by atoms with Gasteiger partial charge in [-0.1, -0.05) is 0 Å². The van der Waals surface area contributed by atoms with Crippen LogP contribution in [0.4, 0.5) is 5.82 Å². The molecule has 1 aliphatic rings. The van der Waals surface area contributed by atoms with E-state index in [-0.39, 0.29) is 5.91 Å². The molecule has 20 heavy (non-hydrogen) atoms. The number of rotatable bonds is 3. The molecule has 0 saturated heterocycles. The fourth-order valence-corrected chi connectivity index (χ4v) is 2.15. The van der Waals surface area contributed by atoms with Crippen molar-refractivity contribution < 1.29 is 9.21 Å². The van der Waals surface area contributed by atoms with Gasteiger partial charge in [0.2, 0.25) is 5.91 Å². The van der Waals surface area contributed by atoms with Crippen molar-refractivity contribution in [3.63, 3.8) is 0 Å². The van der Waals surface area contributed by atoms with Crippen molar-refractivity contribution in [3.8, 4) is 17.4 Å². The van der Waals surface area contributed by atoms with E-state index in [1.165, 1.54) is 6.92 Å². The highest BCUT2D eigenvalue weighted by Gasteiger charge is 2.28. The average Bonchev–Trinajstić information content (AvgIpc) is 3.12. The monoisotopic (exact) mass is 267 g/mol. The Kier molecular flexibility index (Phi) is 2.99. The SMILES string of the molecule is CC(=O)Nc1nc(C2CC2)cc(-c2ccco2)c1C#N. The highest BCUT2D eigenvalue weighted by molar-refractivity contribution is 5.90. The van der Waals surface area contributed by atoms with Crippen molar-refractivity contribution in [2.75, 3.05) is 5.32 Å². The predicted molar refractivity (Wildman–Crippen MR) is 72.9 cm³/mol. The number of nitrogens with one attached hydrogen (secondary N) is 1. The maximum Gasteiger partial charge on any atom is 0.222 e. The number of carbonyl (C=O) groups excluding carboxylic acids is 1. The second-order valence-electron chi connectivity index (χ2n) is 4.86. The Balaban J connectivity index is 2.18. The highest BCUT2D eigenvalue weighted by atomic mass is 16.3. The Morgan fingerprint density at radius 1 is 1.55 bits per heavy atom. The number of hydrogen-bond donors (Lipinski definition) is 1. The van der Waals surface area contributed by atoms with Gasteiger partial charge < -0.3 is 9.73 Å². The van der Waals surface area contributed by atoms with Crippen LogP contribution in [0.2, 0.25) is 0 Å². The first-order chi connectivity index (χ1) is 9.69. The van der Waals surface area contributed by atoms with Crippen LogP contribution >= 0.6 is 0 Å². The van der Waals surface area contributed by atoms with Gasteiger partial charge in [-0.05, 0) is 31.0 Å². The molecule has 0 aromatic carbocycles. The van der Waals surface area contributed by atoms with Crippen LogP contribution in [0.5, 0.6) is 0 Å². The van der Waals surface area contributed by atoms with E-state index in [2.05, 4.69) is 16.4 Å². The van der Waals surface area contributed by atoms with Gasteiger partial charge >= 0.3 is 0 Å². The number of nitrogens with zero attached hydrogens (tertiary/aromatic N) is 2. The Labute approximate surface area is 116 Å². The normalized spacial score (nSPS) is 13.8. The molecule has 3 rings (SSSR count). The van der Waals surface area contributed by atoms with Gasteiger partial charge in [-0.2, -0.15) is 5.26 Å². The zero-order chi connectivity index (χ0) is 14.1. The number of carbonyl (C=O) groups is 1. The van der Waals surface area contributed by atoms with Crippen LogP contribution in [-0.4, -0.2) is 10.9 Å². The minimum Gasteiger partial charge on any atom is -0.464 e. The average molecular weight is 267 g/mol. The first-order valence-electron chi connectivity index (χ1n) is 6.45. The molecule has 5 heteroatoms. The fourth-order valence-electron chi connectivity index (χ4n) is 2.15. The van der Waals surface area contributed by atoms with Crippen molar-refractivity contribution in [1.82, 2.24) is 4.98 Å². The first-order valence-corrected chi connectivity index (χ1v) is 6.45. The molecule has 0 unspecified atom stereocenters. The molecular weight excluding hydrogens is 254 g/mol. The lowest BCUT2D eigenvalue weighted by Gasteiger charge is -2.10. The zero-order valence-electron chi connectivity index (χ0n) is 11.0. The third-order valence-electron chi connectivity index (χ3n) is 3.23. The van der Waals surface area contributed by atoms with Crippen molar-refractivity contribution in [1.29, 1.82) is 5.26 Å². The summed E-state index contributed by atoms with van der Waals surface area (Å²) >= 11 is 0. The fraction of sp³-hybridized carbons (Fsp3) is 0.267. The predicted octanol–water partition coefficient (Wildman–Crippen LogP) is 3.05. The van der Waals surface area contributed by atoms with E-state index in [0.29, 0.717) is 28.6 Å². The summed E-state index contributed by atoms with van der Waals surface area (Å²) in [4.78, 5) is 15.7. The Morgan fingerprint density at radius 2 is 2.35 bits per heavy atom. The van der Waals surface area contributed by atoms with Crippen molar-refractivity contribution in [2.24, 2.45) is 0 Å². The molecule has 1 N–H and O–H groups in total. The van der Waals surface area contributed by atoms with Crippen LogP contribution in [-0.2, 0) is 4.79 Å². The van der Waals surface area contributed by atoms with Gasteiger partial charge in [0.1, 0.15) is 17.4 Å². The molecular formula is C15H13N3O2. The van der Waals surface area contributed by atoms with E-state index in [1.807, 2.05) is 6.07 Å². The third kappa shape index (κ3) is 2.28. The van der Waals surface area contributed by atoms with Crippen molar-refractivity contribution in [2.45, 2.75) is 25.7 Å². The van der Waals surface area contributed by atoms with Gasteiger partial charge in [0.25, 0.3) is 0 Å². The molecule has 0 aliphatic heterocycles. The molecule has 0 bridgehead atoms. The molecule has 5 nitrogen and oxygen atoms in total. The lowest BCUT2D eigenvalue weighted by molar-refractivity contribution is -0.114. The summed E-state index contributed by atoms with van der Waals surface area (Å²) in [6.07, 6.45) is 3.75. The zero-order valence-corrected chi connectivity index (χ0v) is 11.0. The summed E-state index contributed by atoms with van der Waals surface area (Å²) in [6, 6.07) is 7.56. The first kappa shape index (κ1) is 12.4. The van der Waals surface area contributed by atoms with Gasteiger partial charge in [-0.25, -0.2) is 4.98 Å². The van der Waals surface area contributed by atoms with Gasteiger partial charge in [-0.3, -0.25) is 4.79 Å². The standard InChI is InChI=1S/C15H13N3O2/c1-9(19)17-15-12(8-16)11(14-3-2-6-20-14)7-13(18-15)10-4-5-10/h2-3,6-7,10H,4-5H2,1H3,(H,17,18,19). The Morgan fingerprint density at radius 3 is 2.90 bits per heavy atom. The van der Waals surface area contributed by atoms with E-state index in [4.69, 9.17) is 4.42 Å². The van der Waals surface area contributed by atoms with E-state index in [1.54, 1.807) is 18.4 Å².